The average Bonchev–Trinajstić information content (AvgIpc) is 2.33. The van der Waals surface area contributed by atoms with Crippen LogP contribution in [0, 0.1) is 19.8 Å². The van der Waals surface area contributed by atoms with Crippen LogP contribution in [0.5, 0.6) is 0 Å². The summed E-state index contributed by atoms with van der Waals surface area (Å²) in [5.41, 5.74) is 3.38. The number of aliphatic hydroxyl groups is 1. The monoisotopic (exact) mass is 261 g/mol. The summed E-state index contributed by atoms with van der Waals surface area (Å²) in [4.78, 5) is 2.35. The highest BCUT2D eigenvalue weighted by Gasteiger charge is 2.41. The number of hydrogen-bond acceptors (Lipinski definition) is 2. The Hall–Kier alpha value is -0.860. The molecule has 0 radical (unpaired) electrons. The van der Waals surface area contributed by atoms with Crippen molar-refractivity contribution in [2.75, 3.05) is 13.6 Å². The molecule has 2 rings (SSSR count). The van der Waals surface area contributed by atoms with Crippen LogP contribution >= 0.6 is 0 Å². The van der Waals surface area contributed by atoms with Crippen LogP contribution in [0.2, 0.25) is 0 Å². The van der Waals surface area contributed by atoms with Crippen LogP contribution < -0.4 is 0 Å². The van der Waals surface area contributed by atoms with E-state index in [1.54, 1.807) is 0 Å². The van der Waals surface area contributed by atoms with Gasteiger partial charge < -0.3 is 10.0 Å². The highest BCUT2D eigenvalue weighted by Crippen LogP contribution is 2.34. The Balaban J connectivity index is 2.23. The maximum atomic E-state index is 11.1. The Morgan fingerprint density at radius 1 is 1.32 bits per heavy atom. The molecule has 106 valence electrons. The van der Waals surface area contributed by atoms with Crippen molar-refractivity contribution in [2.24, 2.45) is 5.92 Å². The van der Waals surface area contributed by atoms with Gasteiger partial charge in [0.05, 0.1) is 5.60 Å². The molecule has 1 fully saturated rings. The molecular weight excluding hydrogens is 234 g/mol. The molecule has 1 N–H and O–H groups in total. The number of nitrogens with zero attached hydrogens (tertiary/aromatic N) is 1. The third-order valence-corrected chi connectivity index (χ3v) is 5.09. The fraction of sp³-hybridized carbons (Fsp3) is 0.647. The van der Waals surface area contributed by atoms with Gasteiger partial charge in [0.25, 0.3) is 0 Å². The van der Waals surface area contributed by atoms with E-state index in [1.165, 1.54) is 16.7 Å². The maximum Gasteiger partial charge on any atom is 0.0740 e. The molecule has 1 heterocycles. The first-order valence-electron chi connectivity index (χ1n) is 7.31. The molecule has 1 aromatic rings. The first-order chi connectivity index (χ1) is 8.83. The van der Waals surface area contributed by atoms with Crippen LogP contribution in [-0.4, -0.2) is 35.2 Å². The van der Waals surface area contributed by atoms with E-state index >= 15 is 0 Å². The highest BCUT2D eigenvalue weighted by molar-refractivity contribution is 5.34. The number of piperidine rings is 1. The summed E-state index contributed by atoms with van der Waals surface area (Å²) in [5, 5.41) is 11.1. The Morgan fingerprint density at radius 3 is 2.68 bits per heavy atom. The molecule has 0 spiro atoms. The number of likely N-dealkylation sites (tertiary alicyclic amines) is 1. The van der Waals surface area contributed by atoms with Crippen LogP contribution in [0.3, 0.4) is 0 Å². The first-order valence-corrected chi connectivity index (χ1v) is 7.31. The second-order valence-electron chi connectivity index (χ2n) is 6.53. The number of rotatable bonds is 2. The lowest BCUT2D eigenvalue weighted by Gasteiger charge is -2.46. The average molecular weight is 261 g/mol. The lowest BCUT2D eigenvalue weighted by molar-refractivity contribution is -0.0779. The highest BCUT2D eigenvalue weighted by atomic mass is 16.3. The summed E-state index contributed by atoms with van der Waals surface area (Å²) in [6.45, 7) is 9.66. The molecule has 0 amide bonds. The van der Waals surface area contributed by atoms with Gasteiger partial charge in [-0.1, -0.05) is 25.1 Å². The number of benzene rings is 1. The van der Waals surface area contributed by atoms with Crippen molar-refractivity contribution in [1.29, 1.82) is 0 Å². The summed E-state index contributed by atoms with van der Waals surface area (Å²) in [5.74, 6) is 0.314. The predicted octanol–water partition coefficient (Wildman–Crippen LogP) is 2.94. The fourth-order valence-electron chi connectivity index (χ4n) is 3.23. The third-order valence-electron chi connectivity index (χ3n) is 5.09. The molecule has 0 bridgehead atoms. The molecule has 0 aliphatic carbocycles. The van der Waals surface area contributed by atoms with Crippen molar-refractivity contribution in [2.45, 2.75) is 52.2 Å². The summed E-state index contributed by atoms with van der Waals surface area (Å²) in [6, 6.07) is 6.86. The van der Waals surface area contributed by atoms with Crippen LogP contribution in [-0.2, 0) is 6.42 Å². The van der Waals surface area contributed by atoms with Gasteiger partial charge in [0, 0.05) is 19.0 Å². The standard InChI is InChI=1S/C17H27NO/c1-12-7-6-8-16(15(12)4)10-17(19)9-14(3)18(5)11-13(17)2/h6-8,13-14,19H,9-11H2,1-5H3. The van der Waals surface area contributed by atoms with Crippen molar-refractivity contribution in [3.05, 3.63) is 34.9 Å². The van der Waals surface area contributed by atoms with Crippen molar-refractivity contribution in [3.63, 3.8) is 0 Å². The number of hydrogen-bond donors (Lipinski definition) is 1. The van der Waals surface area contributed by atoms with E-state index in [1.807, 2.05) is 0 Å². The van der Waals surface area contributed by atoms with Gasteiger partial charge in [0.1, 0.15) is 0 Å². The van der Waals surface area contributed by atoms with E-state index in [2.05, 4.69) is 57.8 Å². The minimum absolute atomic E-state index is 0.314. The minimum atomic E-state index is -0.565. The Morgan fingerprint density at radius 2 is 2.00 bits per heavy atom. The SMILES string of the molecule is Cc1cccc(CC2(O)CC(C)N(C)CC2C)c1C. The van der Waals surface area contributed by atoms with E-state index in [0.29, 0.717) is 12.0 Å². The van der Waals surface area contributed by atoms with Crippen LogP contribution in [0.15, 0.2) is 18.2 Å². The van der Waals surface area contributed by atoms with E-state index in [4.69, 9.17) is 0 Å². The van der Waals surface area contributed by atoms with Gasteiger partial charge in [0.15, 0.2) is 0 Å². The van der Waals surface area contributed by atoms with Gasteiger partial charge in [-0.2, -0.15) is 0 Å². The van der Waals surface area contributed by atoms with Gasteiger partial charge in [-0.15, -0.1) is 0 Å². The lowest BCUT2D eigenvalue weighted by Crippen LogP contribution is -2.54. The molecule has 19 heavy (non-hydrogen) atoms. The number of aryl methyl sites for hydroxylation is 1. The molecule has 1 aromatic carbocycles. The topological polar surface area (TPSA) is 23.5 Å². The van der Waals surface area contributed by atoms with Gasteiger partial charge in [-0.3, -0.25) is 0 Å². The van der Waals surface area contributed by atoms with E-state index in [-0.39, 0.29) is 0 Å². The fourth-order valence-corrected chi connectivity index (χ4v) is 3.23. The minimum Gasteiger partial charge on any atom is -0.389 e. The van der Waals surface area contributed by atoms with Crippen LogP contribution in [0.25, 0.3) is 0 Å². The van der Waals surface area contributed by atoms with Crippen molar-refractivity contribution >= 4 is 0 Å². The van der Waals surface area contributed by atoms with Gasteiger partial charge in [-0.05, 0) is 56.8 Å². The Labute approximate surface area is 117 Å². The van der Waals surface area contributed by atoms with E-state index < -0.39 is 5.60 Å². The van der Waals surface area contributed by atoms with Gasteiger partial charge >= 0.3 is 0 Å². The molecular formula is C17H27NO. The Kier molecular flexibility index (Phi) is 4.03. The van der Waals surface area contributed by atoms with Crippen molar-refractivity contribution in [1.82, 2.24) is 4.90 Å². The smallest absolute Gasteiger partial charge is 0.0740 e. The summed E-state index contributed by atoms with van der Waals surface area (Å²) >= 11 is 0. The third kappa shape index (κ3) is 2.85. The molecule has 2 nitrogen and oxygen atoms in total. The van der Waals surface area contributed by atoms with Crippen LogP contribution in [0.4, 0.5) is 0 Å². The zero-order chi connectivity index (χ0) is 14.2. The second-order valence-corrected chi connectivity index (χ2v) is 6.53. The van der Waals surface area contributed by atoms with E-state index in [9.17, 15) is 5.11 Å². The molecule has 2 heteroatoms. The molecule has 3 atom stereocenters. The van der Waals surface area contributed by atoms with Crippen LogP contribution in [0.1, 0.15) is 37.0 Å². The van der Waals surface area contributed by atoms with Gasteiger partial charge in [-0.25, -0.2) is 0 Å². The quantitative estimate of drug-likeness (QED) is 0.885. The van der Waals surface area contributed by atoms with Crippen molar-refractivity contribution in [3.8, 4) is 0 Å². The summed E-state index contributed by atoms with van der Waals surface area (Å²) < 4.78 is 0. The second kappa shape index (κ2) is 5.26. The van der Waals surface area contributed by atoms with E-state index in [0.717, 1.165) is 19.4 Å². The van der Waals surface area contributed by atoms with Gasteiger partial charge in [0.2, 0.25) is 0 Å². The molecule has 0 saturated carbocycles. The summed E-state index contributed by atoms with van der Waals surface area (Å²) in [6.07, 6.45) is 1.64. The molecule has 1 aliphatic heterocycles. The zero-order valence-electron chi connectivity index (χ0n) is 12.9. The molecule has 1 saturated heterocycles. The Bertz CT molecular complexity index is 457. The van der Waals surface area contributed by atoms with Crippen molar-refractivity contribution < 1.29 is 5.11 Å². The normalized spacial score (nSPS) is 32.5. The maximum absolute atomic E-state index is 11.1. The molecule has 3 unspecified atom stereocenters. The first kappa shape index (κ1) is 14.5. The molecule has 0 aromatic heterocycles. The largest absolute Gasteiger partial charge is 0.389 e. The summed E-state index contributed by atoms with van der Waals surface area (Å²) in [7, 11) is 2.15. The molecule has 1 aliphatic rings. The predicted molar refractivity (Wildman–Crippen MR) is 80.4 cm³/mol. The lowest BCUT2D eigenvalue weighted by atomic mass is 9.74. The zero-order valence-corrected chi connectivity index (χ0v) is 12.9.